The molecular weight excluding hydrogens is 901 g/mol. The molecule has 0 aliphatic rings. The van der Waals surface area contributed by atoms with E-state index in [0.717, 1.165) is 89.0 Å². The minimum absolute atomic E-state index is 0.268. The first kappa shape index (κ1) is 46.7. The smallest absolute Gasteiger partial charge is 0.355 e. The van der Waals surface area contributed by atoms with Crippen LogP contribution in [0.3, 0.4) is 0 Å². The lowest BCUT2D eigenvalue weighted by Gasteiger charge is -2.13. The van der Waals surface area contributed by atoms with E-state index in [1.807, 2.05) is 175 Å². The molecule has 0 atom stereocenters. The van der Waals surface area contributed by atoms with Crippen molar-refractivity contribution < 1.29 is 38.0 Å². The van der Waals surface area contributed by atoms with Crippen molar-refractivity contribution in [1.29, 1.82) is 0 Å². The minimum atomic E-state index is -0.383. The molecular formula is C57H50N4O8S. The number of fused-ring (bicyclic) bond motifs is 3. The van der Waals surface area contributed by atoms with Gasteiger partial charge in [-0.2, -0.15) is 8.75 Å². The Kier molecular flexibility index (Phi) is 14.5. The number of carbonyl (C=O) groups excluding carboxylic acids is 2. The molecule has 0 amide bonds. The average molecular weight is 951 g/mol. The standard InChI is InChI=1S/C32H27N3O4S.C25H23NO4/c1-3-38-32(36)31-30(23-10-12-24(37-2)13-11-23)26-15-14-25(39-20-21-7-5-4-6-8-21)18-29(26)35(31)19-22-9-16-27-28(17-22)34-40-33-27;1-3-29-25(27)24-23(18-9-11-19(28-2)12-10-18)21-14-13-20(15-22(21)26-24)30-16-17-7-5-4-6-8-17/h4-18H,3,19-20H2,1-2H3;4-15,26H,3,16H2,1-2H3. The summed E-state index contributed by atoms with van der Waals surface area (Å²) >= 11 is 1.19. The van der Waals surface area contributed by atoms with E-state index in [-0.39, 0.29) is 18.5 Å². The third-order valence-corrected chi connectivity index (χ3v) is 12.2. The monoisotopic (exact) mass is 950 g/mol. The second-order valence-corrected chi connectivity index (χ2v) is 16.6. The number of rotatable bonds is 16. The van der Waals surface area contributed by atoms with Crippen LogP contribution in [0, 0.1) is 0 Å². The van der Waals surface area contributed by atoms with Crippen LogP contribution >= 0.6 is 11.7 Å². The summed E-state index contributed by atoms with van der Waals surface area (Å²) in [4.78, 5) is 29.4. The number of ether oxygens (including phenoxy) is 6. The van der Waals surface area contributed by atoms with Crippen molar-refractivity contribution in [2.45, 2.75) is 33.6 Å². The molecule has 0 fully saturated rings. The van der Waals surface area contributed by atoms with Crippen LogP contribution in [0.4, 0.5) is 0 Å². The van der Waals surface area contributed by atoms with Crippen LogP contribution in [0.25, 0.3) is 55.1 Å². The lowest BCUT2D eigenvalue weighted by molar-refractivity contribution is 0.0509. The first-order chi connectivity index (χ1) is 34.3. The highest BCUT2D eigenvalue weighted by Crippen LogP contribution is 2.39. The zero-order valence-corrected chi connectivity index (χ0v) is 40.0. The van der Waals surface area contributed by atoms with Crippen LogP contribution in [0.2, 0.25) is 0 Å². The molecule has 0 aliphatic carbocycles. The van der Waals surface area contributed by atoms with Crippen LogP contribution in [0.15, 0.2) is 164 Å². The highest BCUT2D eigenvalue weighted by atomic mass is 32.1. The Balaban J connectivity index is 0.000000181. The summed E-state index contributed by atoms with van der Waals surface area (Å²) in [6.07, 6.45) is 0. The zero-order valence-electron chi connectivity index (χ0n) is 39.1. The van der Waals surface area contributed by atoms with Crippen LogP contribution in [0.5, 0.6) is 23.0 Å². The molecule has 0 aliphatic heterocycles. The van der Waals surface area contributed by atoms with Gasteiger partial charge in [-0.15, -0.1) is 0 Å². The zero-order chi connectivity index (χ0) is 48.4. The number of methoxy groups -OCH3 is 2. The molecule has 70 heavy (non-hydrogen) atoms. The largest absolute Gasteiger partial charge is 0.497 e. The molecule has 13 heteroatoms. The molecule has 0 unspecified atom stereocenters. The summed E-state index contributed by atoms with van der Waals surface area (Å²) in [5.74, 6) is 2.18. The Morgan fingerprint density at radius 1 is 0.543 bits per heavy atom. The van der Waals surface area contributed by atoms with E-state index in [1.54, 1.807) is 21.1 Å². The number of esters is 2. The van der Waals surface area contributed by atoms with Gasteiger partial charge in [-0.25, -0.2) is 9.59 Å². The third-order valence-electron chi connectivity index (χ3n) is 11.7. The summed E-state index contributed by atoms with van der Waals surface area (Å²) in [6, 6.07) is 53.1. The van der Waals surface area contributed by atoms with E-state index < -0.39 is 0 Å². The average Bonchev–Trinajstić information content (AvgIpc) is 4.12. The molecule has 12 nitrogen and oxygen atoms in total. The molecule has 352 valence electrons. The molecule has 0 saturated carbocycles. The van der Waals surface area contributed by atoms with Crippen molar-refractivity contribution in [2.75, 3.05) is 27.4 Å². The second-order valence-electron chi connectivity index (χ2n) is 16.1. The lowest BCUT2D eigenvalue weighted by Crippen LogP contribution is -2.14. The summed E-state index contributed by atoms with van der Waals surface area (Å²) in [6.45, 7) is 5.54. The Bertz CT molecular complexity index is 3390. The number of nitrogens with one attached hydrogen (secondary N) is 1. The summed E-state index contributed by atoms with van der Waals surface area (Å²) in [7, 11) is 3.26. The molecule has 7 aromatic carbocycles. The van der Waals surface area contributed by atoms with Gasteiger partial charge in [0.1, 0.15) is 58.6 Å². The molecule has 1 N–H and O–H groups in total. The molecule has 0 radical (unpaired) electrons. The van der Waals surface area contributed by atoms with E-state index in [1.165, 1.54) is 11.7 Å². The predicted octanol–water partition coefficient (Wildman–Crippen LogP) is 12.7. The van der Waals surface area contributed by atoms with E-state index in [0.29, 0.717) is 43.5 Å². The maximum atomic E-state index is 13.6. The van der Waals surface area contributed by atoms with Crippen molar-refractivity contribution in [1.82, 2.24) is 18.3 Å². The number of hydrogen-bond acceptors (Lipinski definition) is 11. The van der Waals surface area contributed by atoms with E-state index in [9.17, 15) is 9.59 Å². The Hall–Kier alpha value is -8.42. The molecule has 0 spiro atoms. The van der Waals surface area contributed by atoms with Crippen molar-refractivity contribution in [3.63, 3.8) is 0 Å². The molecule has 10 rings (SSSR count). The Labute approximate surface area is 409 Å². The normalized spacial score (nSPS) is 11.0. The third kappa shape index (κ3) is 10.3. The molecule has 10 aromatic rings. The lowest BCUT2D eigenvalue weighted by atomic mass is 10.0. The van der Waals surface area contributed by atoms with Gasteiger partial charge in [0.2, 0.25) is 0 Å². The first-order valence-corrected chi connectivity index (χ1v) is 23.6. The quantitative estimate of drug-likeness (QED) is 0.0932. The second kappa shape index (κ2) is 21.7. The fourth-order valence-electron chi connectivity index (χ4n) is 8.32. The van der Waals surface area contributed by atoms with E-state index in [2.05, 4.69) is 13.7 Å². The van der Waals surface area contributed by atoms with Gasteiger partial charge in [-0.3, -0.25) is 0 Å². The Morgan fingerprint density at radius 3 is 1.69 bits per heavy atom. The van der Waals surface area contributed by atoms with Gasteiger partial charge in [0.25, 0.3) is 0 Å². The number of nitrogens with zero attached hydrogens (tertiary/aromatic N) is 3. The van der Waals surface area contributed by atoms with E-state index in [4.69, 9.17) is 28.4 Å². The van der Waals surface area contributed by atoms with Crippen LogP contribution in [-0.2, 0) is 29.2 Å². The van der Waals surface area contributed by atoms with Crippen molar-refractivity contribution in [3.8, 4) is 45.3 Å². The van der Waals surface area contributed by atoms with Crippen molar-refractivity contribution in [3.05, 3.63) is 192 Å². The number of aromatic amines is 1. The molecule has 0 bridgehead atoms. The summed E-state index contributed by atoms with van der Waals surface area (Å²) in [5, 5.41) is 1.85. The van der Waals surface area contributed by atoms with Crippen LogP contribution in [0.1, 0.15) is 51.5 Å². The van der Waals surface area contributed by atoms with Gasteiger partial charge in [0.15, 0.2) is 0 Å². The fourth-order valence-corrected chi connectivity index (χ4v) is 8.83. The SMILES string of the molecule is CCOC(=O)c1[nH]c2cc(OCc3ccccc3)ccc2c1-c1ccc(OC)cc1.CCOC(=O)c1c(-c2ccc(OC)cc2)c2ccc(OCc3ccccc3)cc2n1Cc1ccc2nsnc2c1. The van der Waals surface area contributed by atoms with Gasteiger partial charge < -0.3 is 38.0 Å². The first-order valence-electron chi connectivity index (χ1n) is 22.8. The van der Waals surface area contributed by atoms with Crippen molar-refractivity contribution in [2.24, 2.45) is 0 Å². The van der Waals surface area contributed by atoms with Crippen molar-refractivity contribution >= 4 is 56.5 Å². The summed E-state index contributed by atoms with van der Waals surface area (Å²) in [5.41, 5.74) is 10.9. The molecule has 3 aromatic heterocycles. The van der Waals surface area contributed by atoms with E-state index >= 15 is 0 Å². The van der Waals surface area contributed by atoms with Crippen LogP contribution in [-0.4, -0.2) is 57.7 Å². The number of aromatic nitrogens is 4. The van der Waals surface area contributed by atoms with Gasteiger partial charge >= 0.3 is 11.9 Å². The number of H-pyrrole nitrogens is 1. The molecule has 0 saturated heterocycles. The minimum Gasteiger partial charge on any atom is -0.497 e. The number of carbonyl (C=O) groups is 2. The fraction of sp³-hybridized carbons (Fsp3) is 0.158. The van der Waals surface area contributed by atoms with Gasteiger partial charge in [0, 0.05) is 40.6 Å². The topological polar surface area (TPSA) is 136 Å². The van der Waals surface area contributed by atoms with Crippen LogP contribution < -0.4 is 18.9 Å². The van der Waals surface area contributed by atoms with Gasteiger partial charge in [0.05, 0.1) is 50.2 Å². The van der Waals surface area contributed by atoms with Gasteiger partial charge in [-0.05, 0) is 102 Å². The van der Waals surface area contributed by atoms with Gasteiger partial charge in [-0.1, -0.05) is 91.0 Å². The highest BCUT2D eigenvalue weighted by Gasteiger charge is 2.26. The highest BCUT2D eigenvalue weighted by molar-refractivity contribution is 7.00. The number of hydrogen-bond donors (Lipinski definition) is 1. The number of benzene rings is 7. The summed E-state index contributed by atoms with van der Waals surface area (Å²) < 4.78 is 44.4. The maximum absolute atomic E-state index is 13.6. The Morgan fingerprint density at radius 2 is 1.09 bits per heavy atom. The predicted molar refractivity (Wildman–Crippen MR) is 274 cm³/mol. The maximum Gasteiger partial charge on any atom is 0.355 e. The molecule has 3 heterocycles.